The zero-order chi connectivity index (χ0) is 17.0. The van der Waals surface area contributed by atoms with E-state index in [0.717, 1.165) is 0 Å². The van der Waals surface area contributed by atoms with Crippen LogP contribution in [0.4, 0.5) is 8.78 Å². The maximum atomic E-state index is 13.7. The summed E-state index contributed by atoms with van der Waals surface area (Å²) in [5.41, 5.74) is -0.0782. The molecule has 2 rings (SSSR count). The summed E-state index contributed by atoms with van der Waals surface area (Å²) in [6.45, 7) is 2.16. The third kappa shape index (κ3) is 4.97. The number of carbonyl (C=O) groups is 1. The summed E-state index contributed by atoms with van der Waals surface area (Å²) in [6.07, 6.45) is 0.405. The smallest absolute Gasteiger partial charge is 0.234 e. The van der Waals surface area contributed by atoms with Crippen LogP contribution in [0.1, 0.15) is 18.9 Å². The monoisotopic (exact) mass is 346 g/mol. The Morgan fingerprint density at radius 1 is 1.35 bits per heavy atom. The van der Waals surface area contributed by atoms with E-state index in [2.05, 4.69) is 5.32 Å². The van der Waals surface area contributed by atoms with E-state index in [1.165, 1.54) is 18.2 Å². The summed E-state index contributed by atoms with van der Waals surface area (Å²) in [4.78, 5) is 13.6. The van der Waals surface area contributed by atoms with Gasteiger partial charge >= 0.3 is 0 Å². The van der Waals surface area contributed by atoms with Gasteiger partial charge in [0.05, 0.1) is 18.1 Å². The second kappa shape index (κ2) is 7.35. The maximum Gasteiger partial charge on any atom is 0.234 e. The molecule has 8 heteroatoms. The Hall–Kier alpha value is -1.54. The summed E-state index contributed by atoms with van der Waals surface area (Å²) in [6, 6.07) is 3.26. The zero-order valence-corrected chi connectivity index (χ0v) is 13.7. The van der Waals surface area contributed by atoms with Crippen molar-refractivity contribution in [3.05, 3.63) is 35.4 Å². The third-order valence-electron chi connectivity index (χ3n) is 3.86. The molecule has 1 fully saturated rings. The number of benzene rings is 1. The molecule has 128 valence electrons. The van der Waals surface area contributed by atoms with Crippen LogP contribution in [-0.4, -0.2) is 49.9 Å². The summed E-state index contributed by atoms with van der Waals surface area (Å²) < 4.78 is 50.1. The molecule has 1 unspecified atom stereocenters. The molecule has 1 aromatic rings. The van der Waals surface area contributed by atoms with Crippen LogP contribution in [0, 0.1) is 11.6 Å². The number of carbonyl (C=O) groups excluding carboxylic acids is 1. The van der Waals surface area contributed by atoms with E-state index in [-0.39, 0.29) is 42.1 Å². The van der Waals surface area contributed by atoms with Gasteiger partial charge in [-0.15, -0.1) is 0 Å². The SMILES string of the molecule is CCN(CC(=O)NC1CCS(=O)(=O)C1)Cc1c(F)cccc1F. The van der Waals surface area contributed by atoms with Crippen molar-refractivity contribution in [2.45, 2.75) is 25.9 Å². The third-order valence-corrected chi connectivity index (χ3v) is 5.62. The van der Waals surface area contributed by atoms with Crippen molar-refractivity contribution in [3.63, 3.8) is 0 Å². The van der Waals surface area contributed by atoms with Crippen molar-refractivity contribution >= 4 is 15.7 Å². The van der Waals surface area contributed by atoms with Gasteiger partial charge in [-0.25, -0.2) is 17.2 Å². The van der Waals surface area contributed by atoms with E-state index in [1.54, 1.807) is 11.8 Å². The minimum Gasteiger partial charge on any atom is -0.351 e. The minimum absolute atomic E-state index is 0.0224. The number of hydrogen-bond acceptors (Lipinski definition) is 4. The molecule has 1 saturated heterocycles. The van der Waals surface area contributed by atoms with Crippen LogP contribution in [0.15, 0.2) is 18.2 Å². The molecule has 0 aromatic heterocycles. The fraction of sp³-hybridized carbons (Fsp3) is 0.533. The van der Waals surface area contributed by atoms with Crippen molar-refractivity contribution in [1.29, 1.82) is 0 Å². The van der Waals surface area contributed by atoms with Crippen LogP contribution in [-0.2, 0) is 21.2 Å². The lowest BCUT2D eigenvalue weighted by Crippen LogP contribution is -2.42. The maximum absolute atomic E-state index is 13.7. The Labute approximate surface area is 134 Å². The lowest BCUT2D eigenvalue weighted by atomic mass is 10.2. The fourth-order valence-electron chi connectivity index (χ4n) is 2.57. The predicted molar refractivity (Wildman–Crippen MR) is 82.5 cm³/mol. The highest BCUT2D eigenvalue weighted by atomic mass is 32.2. The lowest BCUT2D eigenvalue weighted by Gasteiger charge is -2.21. The lowest BCUT2D eigenvalue weighted by molar-refractivity contribution is -0.122. The molecule has 1 aromatic carbocycles. The van der Waals surface area contributed by atoms with Crippen molar-refractivity contribution in [2.75, 3.05) is 24.6 Å². The predicted octanol–water partition coefficient (Wildman–Crippen LogP) is 1.09. The molecule has 5 nitrogen and oxygen atoms in total. The van der Waals surface area contributed by atoms with Gasteiger partial charge in [-0.2, -0.15) is 0 Å². The normalized spacial score (nSPS) is 19.9. The Balaban J connectivity index is 1.93. The first-order chi connectivity index (χ1) is 10.8. The van der Waals surface area contributed by atoms with E-state index < -0.39 is 21.5 Å². The highest BCUT2D eigenvalue weighted by Gasteiger charge is 2.29. The number of rotatable bonds is 6. The molecule has 0 bridgehead atoms. The van der Waals surface area contributed by atoms with Gasteiger partial charge < -0.3 is 5.32 Å². The second-order valence-corrected chi connectivity index (χ2v) is 7.90. The second-order valence-electron chi connectivity index (χ2n) is 5.67. The first kappa shape index (κ1) is 17.8. The first-order valence-corrected chi connectivity index (χ1v) is 9.28. The highest BCUT2D eigenvalue weighted by molar-refractivity contribution is 7.91. The Kier molecular flexibility index (Phi) is 5.69. The summed E-state index contributed by atoms with van der Waals surface area (Å²) in [5.74, 6) is -1.61. The van der Waals surface area contributed by atoms with E-state index in [9.17, 15) is 22.0 Å². The summed E-state index contributed by atoms with van der Waals surface area (Å²) in [5, 5.41) is 2.67. The van der Waals surface area contributed by atoms with Crippen LogP contribution in [0.25, 0.3) is 0 Å². The van der Waals surface area contributed by atoms with Gasteiger partial charge in [0.25, 0.3) is 0 Å². The minimum atomic E-state index is -3.06. The number of amides is 1. The number of hydrogen-bond donors (Lipinski definition) is 1. The molecule has 1 amide bonds. The number of nitrogens with one attached hydrogen (secondary N) is 1. The van der Waals surface area contributed by atoms with Gasteiger partial charge in [-0.1, -0.05) is 13.0 Å². The van der Waals surface area contributed by atoms with Crippen molar-refractivity contribution in [2.24, 2.45) is 0 Å². The van der Waals surface area contributed by atoms with E-state index in [4.69, 9.17) is 0 Å². The van der Waals surface area contributed by atoms with Crippen LogP contribution in [0.5, 0.6) is 0 Å². The molecule has 1 atom stereocenters. The number of nitrogens with zero attached hydrogens (tertiary/aromatic N) is 1. The molecule has 0 saturated carbocycles. The topological polar surface area (TPSA) is 66.5 Å². The highest BCUT2D eigenvalue weighted by Crippen LogP contribution is 2.15. The molecule has 0 spiro atoms. The molecular weight excluding hydrogens is 326 g/mol. The molecule has 1 aliphatic heterocycles. The van der Waals surface area contributed by atoms with Gasteiger partial charge in [0.1, 0.15) is 11.6 Å². The number of sulfone groups is 1. The van der Waals surface area contributed by atoms with E-state index in [1.807, 2.05) is 0 Å². The Bertz CT molecular complexity index is 659. The van der Waals surface area contributed by atoms with Crippen LogP contribution < -0.4 is 5.32 Å². The van der Waals surface area contributed by atoms with Crippen LogP contribution in [0.3, 0.4) is 0 Å². The van der Waals surface area contributed by atoms with Crippen molar-refractivity contribution in [3.8, 4) is 0 Å². The quantitative estimate of drug-likeness (QED) is 0.837. The van der Waals surface area contributed by atoms with E-state index in [0.29, 0.717) is 13.0 Å². The first-order valence-electron chi connectivity index (χ1n) is 7.45. The number of halogens is 2. The van der Waals surface area contributed by atoms with Gasteiger partial charge in [0, 0.05) is 18.2 Å². The summed E-state index contributed by atoms with van der Waals surface area (Å²) in [7, 11) is -3.06. The zero-order valence-electron chi connectivity index (χ0n) is 12.9. The Morgan fingerprint density at radius 3 is 2.52 bits per heavy atom. The largest absolute Gasteiger partial charge is 0.351 e. The molecule has 0 radical (unpaired) electrons. The van der Waals surface area contributed by atoms with Crippen molar-refractivity contribution in [1.82, 2.24) is 10.2 Å². The standard InChI is InChI=1S/C15H20F2N2O3S/c1-2-19(8-12-13(16)4-3-5-14(12)17)9-15(20)18-11-6-7-23(21,22)10-11/h3-5,11H,2,6-10H2,1H3,(H,18,20). The van der Waals surface area contributed by atoms with Crippen molar-refractivity contribution < 1.29 is 22.0 Å². The molecular formula is C15H20F2N2O3S. The molecule has 1 aliphatic rings. The Morgan fingerprint density at radius 2 is 2.00 bits per heavy atom. The molecule has 23 heavy (non-hydrogen) atoms. The molecule has 1 N–H and O–H groups in total. The van der Waals surface area contributed by atoms with Crippen LogP contribution >= 0.6 is 0 Å². The van der Waals surface area contributed by atoms with Gasteiger partial charge in [-0.3, -0.25) is 9.69 Å². The fourth-order valence-corrected chi connectivity index (χ4v) is 4.25. The number of likely N-dealkylation sites (N-methyl/N-ethyl adjacent to an activating group) is 1. The van der Waals surface area contributed by atoms with Gasteiger partial charge in [0.2, 0.25) is 5.91 Å². The molecule has 1 heterocycles. The van der Waals surface area contributed by atoms with Crippen LogP contribution in [0.2, 0.25) is 0 Å². The average molecular weight is 346 g/mol. The average Bonchev–Trinajstić information content (AvgIpc) is 2.80. The van der Waals surface area contributed by atoms with E-state index >= 15 is 0 Å². The molecule has 0 aliphatic carbocycles. The van der Waals surface area contributed by atoms with Gasteiger partial charge in [0.15, 0.2) is 9.84 Å². The summed E-state index contributed by atoms with van der Waals surface area (Å²) >= 11 is 0. The van der Waals surface area contributed by atoms with Gasteiger partial charge in [-0.05, 0) is 25.1 Å².